The zero-order valence-corrected chi connectivity index (χ0v) is 11.6. The summed E-state index contributed by atoms with van der Waals surface area (Å²) in [6.45, 7) is 0. The highest BCUT2D eigenvalue weighted by atomic mass is 79.9. The first kappa shape index (κ1) is 11.9. The van der Waals surface area contributed by atoms with Gasteiger partial charge in [0.1, 0.15) is 0 Å². The molecule has 2 nitrogen and oxygen atoms in total. The fourth-order valence-corrected chi connectivity index (χ4v) is 2.49. The van der Waals surface area contributed by atoms with E-state index in [0.717, 1.165) is 26.5 Å². The molecular weight excluding hydrogens is 300 g/mol. The number of nitrogens with zero attached hydrogens (tertiary/aromatic N) is 2. The van der Waals surface area contributed by atoms with Crippen LogP contribution in [-0.2, 0) is 0 Å². The van der Waals surface area contributed by atoms with Gasteiger partial charge in [-0.3, -0.25) is 4.98 Å². The second kappa shape index (κ2) is 4.83. The summed E-state index contributed by atoms with van der Waals surface area (Å²) in [5.74, 6) is 0. The van der Waals surface area contributed by atoms with Crippen molar-refractivity contribution in [1.29, 1.82) is 5.26 Å². The lowest BCUT2D eigenvalue weighted by atomic mass is 10.00. The van der Waals surface area contributed by atoms with Crippen LogP contribution in [0.3, 0.4) is 0 Å². The molecule has 3 aromatic rings. The molecule has 0 amide bonds. The van der Waals surface area contributed by atoms with Crippen LogP contribution in [0.15, 0.2) is 59.2 Å². The first-order valence-electron chi connectivity index (χ1n) is 5.83. The normalized spacial score (nSPS) is 10.3. The van der Waals surface area contributed by atoms with Gasteiger partial charge >= 0.3 is 0 Å². The number of pyridine rings is 1. The molecule has 0 atom stereocenters. The van der Waals surface area contributed by atoms with Crippen molar-refractivity contribution in [3.05, 3.63) is 64.8 Å². The van der Waals surface area contributed by atoms with Gasteiger partial charge in [-0.15, -0.1) is 0 Å². The number of benzene rings is 2. The second-order valence-electron chi connectivity index (χ2n) is 4.21. The maximum atomic E-state index is 9.00. The van der Waals surface area contributed by atoms with Crippen LogP contribution in [0.1, 0.15) is 5.56 Å². The molecule has 90 valence electrons. The maximum Gasteiger partial charge on any atom is 0.0991 e. The minimum Gasteiger partial charge on any atom is -0.256 e. The average Bonchev–Trinajstić information content (AvgIpc) is 2.46. The molecule has 3 rings (SSSR count). The summed E-state index contributed by atoms with van der Waals surface area (Å²) in [5, 5.41) is 10.1. The quantitative estimate of drug-likeness (QED) is 0.662. The summed E-state index contributed by atoms with van der Waals surface area (Å²) < 4.78 is 1.02. The van der Waals surface area contributed by atoms with Gasteiger partial charge in [-0.25, -0.2) is 0 Å². The van der Waals surface area contributed by atoms with Gasteiger partial charge in [0.05, 0.1) is 17.1 Å². The number of fused-ring (bicyclic) bond motifs is 1. The van der Waals surface area contributed by atoms with Crippen LogP contribution in [0.25, 0.3) is 22.0 Å². The van der Waals surface area contributed by atoms with Crippen LogP contribution < -0.4 is 0 Å². The third-order valence-electron chi connectivity index (χ3n) is 3.01. The number of hydrogen-bond donors (Lipinski definition) is 0. The SMILES string of the molecule is N#Cc1cccc(-c2ccnc3ccc(Br)cc23)c1. The second-order valence-corrected chi connectivity index (χ2v) is 5.13. The Morgan fingerprint density at radius 3 is 2.79 bits per heavy atom. The van der Waals surface area contributed by atoms with Crippen molar-refractivity contribution in [2.45, 2.75) is 0 Å². The van der Waals surface area contributed by atoms with Crippen LogP contribution in [0, 0.1) is 11.3 Å². The van der Waals surface area contributed by atoms with E-state index >= 15 is 0 Å². The molecule has 0 unspecified atom stereocenters. The van der Waals surface area contributed by atoms with Crippen LogP contribution in [-0.4, -0.2) is 4.98 Å². The van der Waals surface area contributed by atoms with Crippen molar-refractivity contribution in [3.8, 4) is 17.2 Å². The molecular formula is C16H9BrN2. The Kier molecular flexibility index (Phi) is 3.02. The lowest BCUT2D eigenvalue weighted by molar-refractivity contribution is 1.41. The fraction of sp³-hybridized carbons (Fsp3) is 0. The Morgan fingerprint density at radius 2 is 1.95 bits per heavy atom. The molecule has 0 saturated carbocycles. The molecule has 0 fully saturated rings. The van der Waals surface area contributed by atoms with Crippen molar-refractivity contribution in [3.63, 3.8) is 0 Å². The van der Waals surface area contributed by atoms with Crippen molar-refractivity contribution in [2.24, 2.45) is 0 Å². The number of nitriles is 1. The summed E-state index contributed by atoms with van der Waals surface area (Å²) in [6.07, 6.45) is 1.80. The Bertz CT molecular complexity index is 803. The van der Waals surface area contributed by atoms with E-state index < -0.39 is 0 Å². The topological polar surface area (TPSA) is 36.7 Å². The molecule has 0 aliphatic carbocycles. The molecule has 3 heteroatoms. The maximum absolute atomic E-state index is 9.00. The highest BCUT2D eigenvalue weighted by Crippen LogP contribution is 2.29. The van der Waals surface area contributed by atoms with E-state index in [1.165, 1.54) is 0 Å². The first-order chi connectivity index (χ1) is 9.28. The summed E-state index contributed by atoms with van der Waals surface area (Å²) in [6, 6.07) is 17.8. The standard InChI is InChI=1S/C16H9BrN2/c17-13-4-5-16-15(9-13)14(6-7-19-16)12-3-1-2-11(8-12)10-18/h1-9H. The van der Waals surface area contributed by atoms with Crippen molar-refractivity contribution < 1.29 is 0 Å². The monoisotopic (exact) mass is 308 g/mol. The Morgan fingerprint density at radius 1 is 1.05 bits per heavy atom. The van der Waals surface area contributed by atoms with Gasteiger partial charge in [0.25, 0.3) is 0 Å². The lowest BCUT2D eigenvalue weighted by Gasteiger charge is -2.07. The Labute approximate surface area is 119 Å². The molecule has 0 radical (unpaired) electrons. The zero-order chi connectivity index (χ0) is 13.2. The molecule has 0 spiro atoms. The number of aromatic nitrogens is 1. The van der Waals surface area contributed by atoms with E-state index in [1.807, 2.05) is 42.5 Å². The Balaban J connectivity index is 2.30. The van der Waals surface area contributed by atoms with Crippen molar-refractivity contribution >= 4 is 26.8 Å². The predicted molar refractivity (Wildman–Crippen MR) is 79.6 cm³/mol. The minimum absolute atomic E-state index is 0.664. The average molecular weight is 309 g/mol. The molecule has 0 aliphatic rings. The van der Waals surface area contributed by atoms with E-state index in [-0.39, 0.29) is 0 Å². The highest BCUT2D eigenvalue weighted by molar-refractivity contribution is 9.10. The van der Waals surface area contributed by atoms with Crippen LogP contribution in [0.2, 0.25) is 0 Å². The molecule has 19 heavy (non-hydrogen) atoms. The summed E-state index contributed by atoms with van der Waals surface area (Å²) in [4.78, 5) is 4.37. The summed E-state index contributed by atoms with van der Waals surface area (Å²) in [5.41, 5.74) is 3.73. The van der Waals surface area contributed by atoms with Gasteiger partial charge < -0.3 is 0 Å². The molecule has 0 aliphatic heterocycles. The molecule has 0 N–H and O–H groups in total. The smallest absolute Gasteiger partial charge is 0.0991 e. The number of hydrogen-bond acceptors (Lipinski definition) is 2. The van der Waals surface area contributed by atoms with Gasteiger partial charge in [0.2, 0.25) is 0 Å². The molecule has 2 aromatic carbocycles. The van der Waals surface area contributed by atoms with E-state index in [0.29, 0.717) is 5.56 Å². The fourth-order valence-electron chi connectivity index (χ4n) is 2.13. The minimum atomic E-state index is 0.664. The Hall–Kier alpha value is -2.18. The summed E-state index contributed by atoms with van der Waals surface area (Å²) in [7, 11) is 0. The van der Waals surface area contributed by atoms with Crippen molar-refractivity contribution in [1.82, 2.24) is 4.98 Å². The van der Waals surface area contributed by atoms with E-state index in [1.54, 1.807) is 6.20 Å². The van der Waals surface area contributed by atoms with E-state index in [4.69, 9.17) is 5.26 Å². The third kappa shape index (κ3) is 2.23. The lowest BCUT2D eigenvalue weighted by Crippen LogP contribution is -1.85. The van der Waals surface area contributed by atoms with Gasteiger partial charge in [-0.2, -0.15) is 5.26 Å². The van der Waals surface area contributed by atoms with Gasteiger partial charge in [-0.05, 0) is 47.5 Å². The van der Waals surface area contributed by atoms with Gasteiger partial charge in [0, 0.05) is 16.1 Å². The van der Waals surface area contributed by atoms with Gasteiger partial charge in [-0.1, -0.05) is 28.1 Å². The zero-order valence-electron chi connectivity index (χ0n) is 9.97. The van der Waals surface area contributed by atoms with Crippen LogP contribution in [0.4, 0.5) is 0 Å². The predicted octanol–water partition coefficient (Wildman–Crippen LogP) is 4.54. The third-order valence-corrected chi connectivity index (χ3v) is 3.50. The number of halogens is 1. The van der Waals surface area contributed by atoms with E-state index in [9.17, 15) is 0 Å². The molecule has 0 saturated heterocycles. The van der Waals surface area contributed by atoms with Crippen LogP contribution in [0.5, 0.6) is 0 Å². The van der Waals surface area contributed by atoms with Gasteiger partial charge in [0.15, 0.2) is 0 Å². The molecule has 1 aromatic heterocycles. The first-order valence-corrected chi connectivity index (χ1v) is 6.62. The molecule has 0 bridgehead atoms. The largest absolute Gasteiger partial charge is 0.256 e. The van der Waals surface area contributed by atoms with Crippen LogP contribution >= 0.6 is 15.9 Å². The highest BCUT2D eigenvalue weighted by Gasteiger charge is 2.05. The number of rotatable bonds is 1. The van der Waals surface area contributed by atoms with E-state index in [2.05, 4.69) is 33.0 Å². The van der Waals surface area contributed by atoms with Crippen molar-refractivity contribution in [2.75, 3.05) is 0 Å². The molecule has 1 heterocycles. The summed E-state index contributed by atoms with van der Waals surface area (Å²) >= 11 is 3.49.